The number of esters is 1. The minimum absolute atomic E-state index is 0.0386. The van der Waals surface area contributed by atoms with Gasteiger partial charge in [0.1, 0.15) is 11.9 Å². The molecule has 7 nitrogen and oxygen atoms in total. The zero-order valence-corrected chi connectivity index (χ0v) is 22.1. The number of amides is 1. The van der Waals surface area contributed by atoms with E-state index in [4.69, 9.17) is 9.47 Å². The van der Waals surface area contributed by atoms with E-state index in [1.54, 1.807) is 6.07 Å². The van der Waals surface area contributed by atoms with Gasteiger partial charge in [-0.3, -0.25) is 9.59 Å². The Kier molecular flexibility index (Phi) is 6.57. The number of rotatable bonds is 5. The fraction of sp³-hybridized carbons (Fsp3) is 0.517. The van der Waals surface area contributed by atoms with Crippen LogP contribution < -0.4 is 19.5 Å². The molecule has 1 N–H and O–H groups in total. The second kappa shape index (κ2) is 9.77. The molecule has 2 aliphatic carbocycles. The molecule has 0 aromatic heterocycles. The van der Waals surface area contributed by atoms with Crippen LogP contribution >= 0.6 is 0 Å². The van der Waals surface area contributed by atoms with Gasteiger partial charge < -0.3 is 24.3 Å². The minimum Gasteiger partial charge on any atom is -0.490 e. The van der Waals surface area contributed by atoms with Crippen molar-refractivity contribution < 1.29 is 50.5 Å². The lowest BCUT2D eigenvalue weighted by Crippen LogP contribution is -2.44. The molecule has 41 heavy (non-hydrogen) atoms. The molecule has 2 aromatic rings. The highest BCUT2D eigenvalue weighted by atomic mass is 19.4. The van der Waals surface area contributed by atoms with E-state index in [0.717, 1.165) is 25.0 Å². The third-order valence-electron chi connectivity index (χ3n) is 8.68. The van der Waals surface area contributed by atoms with Crippen molar-refractivity contribution >= 4 is 11.9 Å². The average molecular weight is 582 g/mol. The number of ether oxygens (including phenoxy) is 4. The van der Waals surface area contributed by atoms with Crippen LogP contribution in [0.1, 0.15) is 67.7 Å². The molecule has 0 radical (unpaired) electrons. The van der Waals surface area contributed by atoms with Crippen LogP contribution in [0, 0.1) is 11.8 Å². The van der Waals surface area contributed by atoms with E-state index >= 15 is 0 Å². The van der Waals surface area contributed by atoms with E-state index in [-0.39, 0.29) is 41.0 Å². The Balaban J connectivity index is 1.27. The predicted octanol–water partition coefficient (Wildman–Crippen LogP) is 6.05. The third kappa shape index (κ3) is 5.17. The number of carbonyl (C=O) groups excluding carboxylic acids is 2. The summed E-state index contributed by atoms with van der Waals surface area (Å²) < 4.78 is 87.8. The molecule has 2 aliphatic heterocycles. The van der Waals surface area contributed by atoms with Crippen LogP contribution in [0.2, 0.25) is 0 Å². The molecule has 220 valence electrons. The quantitative estimate of drug-likeness (QED) is 0.342. The first kappa shape index (κ1) is 27.6. The van der Waals surface area contributed by atoms with Gasteiger partial charge in [-0.15, -0.1) is 8.78 Å². The van der Waals surface area contributed by atoms with Crippen molar-refractivity contribution in [2.45, 2.75) is 75.0 Å². The lowest BCUT2D eigenvalue weighted by molar-refractivity contribution is -0.286. The normalized spacial score (nSPS) is 27.3. The van der Waals surface area contributed by atoms with E-state index < -0.39 is 35.6 Å². The molecule has 2 saturated carbocycles. The van der Waals surface area contributed by atoms with E-state index in [0.29, 0.717) is 43.2 Å². The van der Waals surface area contributed by atoms with Crippen molar-refractivity contribution in [1.29, 1.82) is 0 Å². The molecular formula is C29H28F5NO6. The molecule has 4 aliphatic rings. The van der Waals surface area contributed by atoms with Crippen LogP contribution in [0.25, 0.3) is 0 Å². The zero-order chi connectivity index (χ0) is 29.2. The van der Waals surface area contributed by atoms with Gasteiger partial charge in [0, 0.05) is 12.0 Å². The Labute approximate surface area is 232 Å². The van der Waals surface area contributed by atoms with Crippen molar-refractivity contribution in [1.82, 2.24) is 5.32 Å². The number of fused-ring (bicyclic) bond motifs is 2. The SMILES string of the molecule is COC(=O)C1CCCC([C@H]2C[C@@H](NC(=O)C3(c4ccc5c(c4)OC(F)(F)O5)CC3)c3ccc(C(F)(F)F)cc3O2)C1. The number of nitrogens with one attached hydrogen (secondary N) is 1. The lowest BCUT2D eigenvalue weighted by atomic mass is 9.76. The number of alkyl halides is 5. The van der Waals surface area contributed by atoms with Crippen LogP contribution in [0.15, 0.2) is 36.4 Å². The number of methoxy groups -OCH3 is 1. The summed E-state index contributed by atoms with van der Waals surface area (Å²) in [6, 6.07) is 6.81. The fourth-order valence-corrected chi connectivity index (χ4v) is 6.36. The summed E-state index contributed by atoms with van der Waals surface area (Å²) in [5.74, 6) is -1.40. The van der Waals surface area contributed by atoms with Gasteiger partial charge in [0.25, 0.3) is 0 Å². The lowest BCUT2D eigenvalue weighted by Gasteiger charge is -2.40. The summed E-state index contributed by atoms with van der Waals surface area (Å²) in [6.45, 7) is 0. The van der Waals surface area contributed by atoms with Crippen molar-refractivity contribution in [2.75, 3.05) is 7.11 Å². The van der Waals surface area contributed by atoms with E-state index in [9.17, 15) is 31.5 Å². The maximum atomic E-state index is 13.7. The van der Waals surface area contributed by atoms with Gasteiger partial charge in [0.15, 0.2) is 11.5 Å². The molecule has 0 bridgehead atoms. The first-order chi connectivity index (χ1) is 19.4. The first-order valence-electron chi connectivity index (χ1n) is 13.6. The Morgan fingerprint density at radius 1 is 0.976 bits per heavy atom. The molecule has 1 amide bonds. The average Bonchev–Trinajstić information content (AvgIpc) is 3.68. The topological polar surface area (TPSA) is 83.1 Å². The first-order valence-corrected chi connectivity index (χ1v) is 13.6. The Morgan fingerprint density at radius 2 is 1.73 bits per heavy atom. The van der Waals surface area contributed by atoms with Gasteiger partial charge in [0.05, 0.1) is 30.0 Å². The molecule has 4 atom stereocenters. The second-order valence-corrected chi connectivity index (χ2v) is 11.2. The Bertz CT molecular complexity index is 1370. The van der Waals surface area contributed by atoms with Crippen molar-refractivity contribution in [3.05, 3.63) is 53.1 Å². The highest BCUT2D eigenvalue weighted by Gasteiger charge is 2.53. The molecule has 12 heteroatoms. The highest BCUT2D eigenvalue weighted by Crippen LogP contribution is 2.53. The number of carbonyl (C=O) groups is 2. The zero-order valence-electron chi connectivity index (χ0n) is 22.1. The van der Waals surface area contributed by atoms with Crippen molar-refractivity contribution in [3.8, 4) is 17.2 Å². The molecule has 6 rings (SSSR count). The number of halogens is 5. The van der Waals surface area contributed by atoms with Crippen LogP contribution in [0.4, 0.5) is 22.0 Å². The van der Waals surface area contributed by atoms with Crippen LogP contribution in [-0.2, 0) is 25.9 Å². The minimum atomic E-state index is -4.58. The number of hydrogen-bond acceptors (Lipinski definition) is 6. The fourth-order valence-electron chi connectivity index (χ4n) is 6.36. The van der Waals surface area contributed by atoms with Gasteiger partial charge in [-0.05, 0) is 67.9 Å². The summed E-state index contributed by atoms with van der Waals surface area (Å²) >= 11 is 0. The van der Waals surface area contributed by atoms with Crippen LogP contribution in [0.5, 0.6) is 17.2 Å². The number of benzene rings is 2. The van der Waals surface area contributed by atoms with Gasteiger partial charge in [-0.25, -0.2) is 0 Å². The molecule has 0 spiro atoms. The maximum absolute atomic E-state index is 13.7. The van der Waals surface area contributed by atoms with Gasteiger partial charge in [-0.1, -0.05) is 18.6 Å². The Morgan fingerprint density at radius 3 is 2.44 bits per heavy atom. The third-order valence-corrected chi connectivity index (χ3v) is 8.68. The molecule has 2 unspecified atom stereocenters. The molecule has 2 heterocycles. The van der Waals surface area contributed by atoms with Gasteiger partial charge in [0.2, 0.25) is 5.91 Å². The smallest absolute Gasteiger partial charge is 0.490 e. The Hall–Kier alpha value is -3.57. The largest absolute Gasteiger partial charge is 0.586 e. The monoisotopic (exact) mass is 581 g/mol. The van der Waals surface area contributed by atoms with E-state index in [1.165, 1.54) is 25.3 Å². The number of hydrogen-bond donors (Lipinski definition) is 1. The van der Waals surface area contributed by atoms with Gasteiger partial charge in [-0.2, -0.15) is 13.2 Å². The molecule has 2 fully saturated rings. The maximum Gasteiger partial charge on any atom is 0.586 e. The summed E-state index contributed by atoms with van der Waals surface area (Å²) in [4.78, 5) is 25.9. The van der Waals surface area contributed by atoms with Crippen LogP contribution in [0.3, 0.4) is 0 Å². The standard InChI is InChI=1S/C29H28F5NO6/c1-38-25(36)16-4-2-3-15(11-16)22-14-20(19-7-5-18(28(30,31)32)13-23(19)39-22)35-26(37)27(9-10-27)17-6-8-21-24(12-17)41-29(33,34)40-21/h5-8,12-13,15-16,20,22H,2-4,9-11,14H2,1H3,(H,35,37)/t15?,16?,20-,22-/m1/s1. The molecular weight excluding hydrogens is 553 g/mol. The second-order valence-electron chi connectivity index (χ2n) is 11.2. The predicted molar refractivity (Wildman–Crippen MR) is 132 cm³/mol. The van der Waals surface area contributed by atoms with Crippen molar-refractivity contribution in [2.24, 2.45) is 11.8 Å². The van der Waals surface area contributed by atoms with Crippen molar-refractivity contribution in [3.63, 3.8) is 0 Å². The van der Waals surface area contributed by atoms with Gasteiger partial charge >= 0.3 is 18.4 Å². The summed E-state index contributed by atoms with van der Waals surface area (Å²) in [5.41, 5.74) is -0.950. The summed E-state index contributed by atoms with van der Waals surface area (Å²) in [7, 11) is 1.32. The van der Waals surface area contributed by atoms with E-state index in [2.05, 4.69) is 14.8 Å². The summed E-state index contributed by atoms with van der Waals surface area (Å²) in [5, 5.41) is 3.02. The van der Waals surface area contributed by atoms with Crippen LogP contribution in [-0.4, -0.2) is 31.4 Å². The molecule has 2 aromatic carbocycles. The molecule has 0 saturated heterocycles. The highest BCUT2D eigenvalue weighted by molar-refractivity contribution is 5.92. The summed E-state index contributed by atoms with van der Waals surface area (Å²) in [6.07, 6.45) is -5.09. The van der Waals surface area contributed by atoms with E-state index in [1.807, 2.05) is 0 Å².